The summed E-state index contributed by atoms with van der Waals surface area (Å²) in [5, 5.41) is 17.8. The Kier molecular flexibility index (Phi) is 8.02. The third-order valence-corrected chi connectivity index (χ3v) is 2.80. The van der Waals surface area contributed by atoms with Crippen LogP contribution >= 0.6 is 0 Å². The molecule has 0 heterocycles. The number of aliphatic hydroxyl groups excluding tert-OH is 2. The minimum atomic E-state index is 0.00150. The lowest BCUT2D eigenvalue weighted by atomic mass is 10.2. The lowest BCUT2D eigenvalue weighted by Gasteiger charge is -2.12. The van der Waals surface area contributed by atoms with E-state index in [4.69, 9.17) is 19.7 Å². The van der Waals surface area contributed by atoms with Gasteiger partial charge in [0.1, 0.15) is 0 Å². The van der Waals surface area contributed by atoms with Crippen molar-refractivity contribution in [3.63, 3.8) is 0 Å². The van der Waals surface area contributed by atoms with E-state index in [0.29, 0.717) is 19.0 Å². The quantitative estimate of drug-likeness (QED) is 0.640. The van der Waals surface area contributed by atoms with Gasteiger partial charge in [-0.05, 0) is 43.9 Å². The molecule has 0 aliphatic rings. The van der Waals surface area contributed by atoms with Gasteiger partial charge in [0.25, 0.3) is 0 Å². The largest absolute Gasteiger partial charge is 0.490 e. The van der Waals surface area contributed by atoms with E-state index in [9.17, 15) is 0 Å². The number of aliphatic hydroxyl groups is 2. The first-order chi connectivity index (χ1) is 9.31. The Bertz CT molecular complexity index is 352. The molecule has 0 aliphatic heterocycles. The normalized spacial score (nSPS) is 10.5. The molecule has 4 nitrogen and oxygen atoms in total. The summed E-state index contributed by atoms with van der Waals surface area (Å²) in [7, 11) is 0. The number of hydrogen-bond acceptors (Lipinski definition) is 4. The van der Waals surface area contributed by atoms with E-state index < -0.39 is 0 Å². The highest BCUT2D eigenvalue weighted by molar-refractivity contribution is 5.42. The first-order valence-electron chi connectivity index (χ1n) is 6.92. The van der Waals surface area contributed by atoms with Crippen molar-refractivity contribution in [1.29, 1.82) is 0 Å². The average Bonchev–Trinajstić information content (AvgIpc) is 2.44. The number of hydrogen-bond donors (Lipinski definition) is 2. The molecule has 0 saturated heterocycles. The van der Waals surface area contributed by atoms with Crippen molar-refractivity contribution < 1.29 is 19.7 Å². The van der Waals surface area contributed by atoms with Gasteiger partial charge in [0.2, 0.25) is 0 Å². The van der Waals surface area contributed by atoms with Crippen LogP contribution in [-0.4, -0.2) is 30.0 Å². The fourth-order valence-corrected chi connectivity index (χ4v) is 1.79. The molecule has 0 saturated carbocycles. The summed E-state index contributed by atoms with van der Waals surface area (Å²) in [5.74, 6) is 1.41. The van der Waals surface area contributed by atoms with Gasteiger partial charge >= 0.3 is 0 Å². The summed E-state index contributed by atoms with van der Waals surface area (Å²) in [6, 6.07) is 5.48. The summed E-state index contributed by atoms with van der Waals surface area (Å²) in [6.45, 7) is 3.40. The molecule has 2 N–H and O–H groups in total. The molecule has 0 spiro atoms. The maximum atomic E-state index is 9.10. The maximum Gasteiger partial charge on any atom is 0.161 e. The standard InChI is InChI=1S/C15H24O4/c1-2-18-15-11-13(12-17)7-8-14(15)19-10-6-4-3-5-9-16/h7-8,11,16-17H,2-6,9-10,12H2,1H3. The highest BCUT2D eigenvalue weighted by atomic mass is 16.5. The van der Waals surface area contributed by atoms with Gasteiger partial charge in [-0.3, -0.25) is 0 Å². The molecule has 0 amide bonds. The Morgan fingerprint density at radius 2 is 1.74 bits per heavy atom. The van der Waals surface area contributed by atoms with Gasteiger partial charge in [0.15, 0.2) is 11.5 Å². The summed E-state index contributed by atoms with van der Waals surface area (Å²) in [5.41, 5.74) is 0.818. The van der Waals surface area contributed by atoms with E-state index in [0.717, 1.165) is 37.0 Å². The van der Waals surface area contributed by atoms with Gasteiger partial charge in [-0.25, -0.2) is 0 Å². The zero-order valence-electron chi connectivity index (χ0n) is 11.6. The Morgan fingerprint density at radius 3 is 2.42 bits per heavy atom. The Hall–Kier alpha value is -1.26. The molecule has 0 bridgehead atoms. The van der Waals surface area contributed by atoms with Gasteiger partial charge < -0.3 is 19.7 Å². The van der Waals surface area contributed by atoms with Crippen molar-refractivity contribution in [2.45, 2.75) is 39.2 Å². The highest BCUT2D eigenvalue weighted by Gasteiger charge is 2.06. The molecule has 19 heavy (non-hydrogen) atoms. The molecule has 0 unspecified atom stereocenters. The molecule has 0 aliphatic carbocycles. The van der Waals surface area contributed by atoms with Crippen LogP contribution in [0.25, 0.3) is 0 Å². The number of benzene rings is 1. The number of ether oxygens (including phenoxy) is 2. The van der Waals surface area contributed by atoms with Crippen LogP contribution in [0.4, 0.5) is 0 Å². The van der Waals surface area contributed by atoms with Crippen LogP contribution in [0.3, 0.4) is 0 Å². The van der Waals surface area contributed by atoms with Crippen LogP contribution < -0.4 is 9.47 Å². The first-order valence-corrected chi connectivity index (χ1v) is 6.92. The van der Waals surface area contributed by atoms with Crippen molar-refractivity contribution in [3.05, 3.63) is 23.8 Å². The zero-order chi connectivity index (χ0) is 13.9. The van der Waals surface area contributed by atoms with Crippen LogP contribution in [0.2, 0.25) is 0 Å². The van der Waals surface area contributed by atoms with Crippen molar-refractivity contribution in [2.24, 2.45) is 0 Å². The van der Waals surface area contributed by atoms with Crippen LogP contribution in [0.1, 0.15) is 38.2 Å². The minimum absolute atomic E-state index is 0.00150. The first kappa shape index (κ1) is 15.8. The molecule has 1 rings (SSSR count). The maximum absolute atomic E-state index is 9.10. The minimum Gasteiger partial charge on any atom is -0.490 e. The molecule has 1 aromatic rings. The highest BCUT2D eigenvalue weighted by Crippen LogP contribution is 2.28. The third kappa shape index (κ3) is 5.94. The molecule has 0 fully saturated rings. The van der Waals surface area contributed by atoms with Gasteiger partial charge in [0, 0.05) is 6.61 Å². The zero-order valence-corrected chi connectivity index (χ0v) is 11.6. The van der Waals surface area contributed by atoms with Crippen molar-refractivity contribution in [1.82, 2.24) is 0 Å². The van der Waals surface area contributed by atoms with Gasteiger partial charge in [-0.15, -0.1) is 0 Å². The number of unbranched alkanes of at least 4 members (excludes halogenated alkanes) is 3. The predicted molar refractivity (Wildman–Crippen MR) is 74.6 cm³/mol. The molecule has 4 heteroatoms. The summed E-state index contributed by atoms with van der Waals surface area (Å²) in [4.78, 5) is 0. The summed E-state index contributed by atoms with van der Waals surface area (Å²) < 4.78 is 11.2. The topological polar surface area (TPSA) is 58.9 Å². The van der Waals surface area contributed by atoms with Crippen LogP contribution in [-0.2, 0) is 6.61 Å². The van der Waals surface area contributed by atoms with Crippen LogP contribution in [0.5, 0.6) is 11.5 Å². The van der Waals surface area contributed by atoms with E-state index in [1.165, 1.54) is 0 Å². The smallest absolute Gasteiger partial charge is 0.161 e. The van der Waals surface area contributed by atoms with Crippen LogP contribution in [0.15, 0.2) is 18.2 Å². The second-order valence-electron chi connectivity index (χ2n) is 4.36. The van der Waals surface area contributed by atoms with Crippen molar-refractivity contribution >= 4 is 0 Å². The molecule has 0 atom stereocenters. The van der Waals surface area contributed by atoms with Gasteiger partial charge in [-0.2, -0.15) is 0 Å². The fraction of sp³-hybridized carbons (Fsp3) is 0.600. The monoisotopic (exact) mass is 268 g/mol. The number of rotatable bonds is 10. The Balaban J connectivity index is 2.43. The lowest BCUT2D eigenvalue weighted by molar-refractivity contribution is 0.259. The second-order valence-corrected chi connectivity index (χ2v) is 4.36. The van der Waals surface area contributed by atoms with E-state index in [1.54, 1.807) is 0 Å². The molecule has 1 aromatic carbocycles. The van der Waals surface area contributed by atoms with Crippen molar-refractivity contribution in [3.8, 4) is 11.5 Å². The SMILES string of the molecule is CCOc1cc(CO)ccc1OCCCCCCO. The average molecular weight is 268 g/mol. The van der Waals surface area contributed by atoms with Gasteiger partial charge in [0.05, 0.1) is 19.8 Å². The summed E-state index contributed by atoms with van der Waals surface area (Å²) in [6.07, 6.45) is 3.91. The summed E-state index contributed by atoms with van der Waals surface area (Å²) >= 11 is 0. The van der Waals surface area contributed by atoms with Gasteiger partial charge in [-0.1, -0.05) is 12.5 Å². The third-order valence-electron chi connectivity index (χ3n) is 2.80. The Labute approximate surface area is 115 Å². The second kappa shape index (κ2) is 9.64. The molecule has 0 aromatic heterocycles. The lowest BCUT2D eigenvalue weighted by Crippen LogP contribution is -2.02. The molecule has 108 valence electrons. The van der Waals surface area contributed by atoms with E-state index in [-0.39, 0.29) is 13.2 Å². The fourth-order valence-electron chi connectivity index (χ4n) is 1.79. The van der Waals surface area contributed by atoms with Crippen molar-refractivity contribution in [2.75, 3.05) is 19.8 Å². The van der Waals surface area contributed by atoms with Crippen LogP contribution in [0, 0.1) is 0 Å². The van der Waals surface area contributed by atoms with E-state index in [1.807, 2.05) is 25.1 Å². The predicted octanol–water partition coefficient (Wildman–Crippen LogP) is 2.51. The molecular formula is C15H24O4. The Morgan fingerprint density at radius 1 is 0.947 bits per heavy atom. The van der Waals surface area contributed by atoms with E-state index in [2.05, 4.69) is 0 Å². The van der Waals surface area contributed by atoms with E-state index >= 15 is 0 Å². The molecule has 0 radical (unpaired) electrons. The molecular weight excluding hydrogens is 244 g/mol.